The van der Waals surface area contributed by atoms with Gasteiger partial charge in [-0.25, -0.2) is 8.42 Å². The Morgan fingerprint density at radius 2 is 1.67 bits per heavy atom. The Kier molecular flexibility index (Phi) is 9.17. The second kappa shape index (κ2) is 10.6. The van der Waals surface area contributed by atoms with Gasteiger partial charge in [-0.2, -0.15) is 4.31 Å². The first kappa shape index (κ1) is 23.4. The summed E-state index contributed by atoms with van der Waals surface area (Å²) in [6.45, 7) is 1.93. The number of carbonyl (C=O) groups excluding carboxylic acids is 1. The second-order valence-electron chi connectivity index (χ2n) is 6.38. The normalized spacial score (nSPS) is 14.7. The molecular weight excluding hydrogens is 394 g/mol. The summed E-state index contributed by atoms with van der Waals surface area (Å²) in [5.74, 6) is -1.08. The lowest BCUT2D eigenvalue weighted by atomic mass is 10.3. The predicted octanol–water partition coefficient (Wildman–Crippen LogP) is 1.63. The topological polar surface area (TPSA) is 107 Å². The Balaban J connectivity index is 0.00000364. The fraction of sp³-hybridized carbons (Fsp3) is 0.529. The minimum atomic E-state index is -3.45. The molecule has 1 heterocycles. The van der Waals surface area contributed by atoms with Gasteiger partial charge in [0.25, 0.3) is 0 Å². The lowest BCUT2D eigenvalue weighted by Crippen LogP contribution is -2.28. The van der Waals surface area contributed by atoms with Crippen LogP contribution in [0, 0.1) is 0 Å². The van der Waals surface area contributed by atoms with E-state index in [0.29, 0.717) is 31.9 Å². The van der Waals surface area contributed by atoms with Crippen LogP contribution in [0.1, 0.15) is 25.7 Å². The monoisotopic (exact) mass is 419 g/mol. The molecule has 2 rings (SSSR count). The Bertz CT molecular complexity index is 733. The largest absolute Gasteiger partial charge is 0.481 e. The van der Waals surface area contributed by atoms with Crippen molar-refractivity contribution in [2.75, 3.05) is 38.5 Å². The number of nitrogens with one attached hydrogen (secondary N) is 1. The van der Waals surface area contributed by atoms with Gasteiger partial charge in [0.1, 0.15) is 0 Å². The van der Waals surface area contributed by atoms with E-state index >= 15 is 0 Å². The minimum absolute atomic E-state index is 0. The number of amides is 1. The summed E-state index contributed by atoms with van der Waals surface area (Å²) in [4.78, 5) is 24.5. The van der Waals surface area contributed by atoms with Crippen molar-refractivity contribution in [3.8, 4) is 0 Å². The lowest BCUT2D eigenvalue weighted by Gasteiger charge is -2.16. The summed E-state index contributed by atoms with van der Waals surface area (Å²) in [5, 5.41) is 11.4. The van der Waals surface area contributed by atoms with E-state index in [2.05, 4.69) is 5.32 Å². The van der Waals surface area contributed by atoms with Crippen molar-refractivity contribution in [1.29, 1.82) is 0 Å². The summed E-state index contributed by atoms with van der Waals surface area (Å²) >= 11 is 0. The SMILES string of the molecule is CN(CCC(=O)O)CCC(=O)Nc1ccc(S(=O)(=O)N2CCCC2)cc1.Cl. The van der Waals surface area contributed by atoms with Crippen LogP contribution in [0.25, 0.3) is 0 Å². The van der Waals surface area contributed by atoms with Crippen LogP contribution in [-0.4, -0.2) is 67.8 Å². The fourth-order valence-corrected chi connectivity index (χ4v) is 4.22. The van der Waals surface area contributed by atoms with Crippen LogP contribution in [0.3, 0.4) is 0 Å². The first-order chi connectivity index (χ1) is 12.3. The zero-order valence-corrected chi connectivity index (χ0v) is 16.9. The number of anilines is 1. The van der Waals surface area contributed by atoms with Gasteiger partial charge >= 0.3 is 5.97 Å². The third kappa shape index (κ3) is 7.10. The van der Waals surface area contributed by atoms with Crippen molar-refractivity contribution in [3.63, 3.8) is 0 Å². The average molecular weight is 420 g/mol. The zero-order valence-electron chi connectivity index (χ0n) is 15.3. The molecular formula is C17H26ClN3O5S. The molecule has 0 unspecified atom stereocenters. The molecule has 0 saturated carbocycles. The van der Waals surface area contributed by atoms with Gasteiger partial charge < -0.3 is 15.3 Å². The molecule has 8 nitrogen and oxygen atoms in total. The first-order valence-electron chi connectivity index (χ1n) is 8.59. The number of nitrogens with zero attached hydrogens (tertiary/aromatic N) is 2. The van der Waals surface area contributed by atoms with E-state index in [4.69, 9.17) is 5.11 Å². The number of sulfonamides is 1. The number of aliphatic carboxylic acids is 1. The maximum absolute atomic E-state index is 12.4. The summed E-state index contributed by atoms with van der Waals surface area (Å²) in [7, 11) is -1.69. The van der Waals surface area contributed by atoms with Gasteiger partial charge in [0.15, 0.2) is 0 Å². The third-order valence-corrected chi connectivity index (χ3v) is 6.18. The van der Waals surface area contributed by atoms with Crippen molar-refractivity contribution in [3.05, 3.63) is 24.3 Å². The minimum Gasteiger partial charge on any atom is -0.481 e. The zero-order chi connectivity index (χ0) is 19.2. The molecule has 1 fully saturated rings. The maximum Gasteiger partial charge on any atom is 0.304 e. The molecule has 2 N–H and O–H groups in total. The van der Waals surface area contributed by atoms with Crippen LogP contribution in [0.2, 0.25) is 0 Å². The number of carboxylic acids is 1. The van der Waals surface area contributed by atoms with E-state index in [1.807, 2.05) is 0 Å². The molecule has 152 valence electrons. The summed E-state index contributed by atoms with van der Waals surface area (Å²) < 4.78 is 26.4. The van der Waals surface area contributed by atoms with Gasteiger partial charge in [0.2, 0.25) is 15.9 Å². The quantitative estimate of drug-likeness (QED) is 0.630. The molecule has 0 bridgehead atoms. The van der Waals surface area contributed by atoms with Gasteiger partial charge in [0.05, 0.1) is 11.3 Å². The Morgan fingerprint density at radius 3 is 2.22 bits per heavy atom. The highest BCUT2D eigenvalue weighted by molar-refractivity contribution is 7.89. The smallest absolute Gasteiger partial charge is 0.304 e. The maximum atomic E-state index is 12.4. The van der Waals surface area contributed by atoms with E-state index in [-0.39, 0.29) is 36.1 Å². The van der Waals surface area contributed by atoms with Crippen LogP contribution in [-0.2, 0) is 19.6 Å². The van der Waals surface area contributed by atoms with E-state index in [1.165, 1.54) is 16.4 Å². The average Bonchev–Trinajstić information content (AvgIpc) is 3.14. The van der Waals surface area contributed by atoms with Crippen LogP contribution in [0.4, 0.5) is 5.69 Å². The number of rotatable bonds is 9. The van der Waals surface area contributed by atoms with Crippen LogP contribution < -0.4 is 5.32 Å². The molecule has 1 saturated heterocycles. The van der Waals surface area contributed by atoms with Gasteiger partial charge in [-0.15, -0.1) is 12.4 Å². The van der Waals surface area contributed by atoms with Gasteiger partial charge in [-0.1, -0.05) is 0 Å². The molecule has 0 aliphatic carbocycles. The van der Waals surface area contributed by atoms with E-state index < -0.39 is 16.0 Å². The molecule has 1 aromatic carbocycles. The van der Waals surface area contributed by atoms with E-state index in [1.54, 1.807) is 24.1 Å². The molecule has 1 amide bonds. The van der Waals surface area contributed by atoms with Crippen LogP contribution >= 0.6 is 12.4 Å². The third-order valence-electron chi connectivity index (χ3n) is 4.27. The molecule has 0 atom stereocenters. The van der Waals surface area contributed by atoms with Crippen LogP contribution in [0.5, 0.6) is 0 Å². The number of hydrogen-bond acceptors (Lipinski definition) is 5. The van der Waals surface area contributed by atoms with Crippen LogP contribution in [0.15, 0.2) is 29.2 Å². The lowest BCUT2D eigenvalue weighted by molar-refractivity contribution is -0.137. The van der Waals surface area contributed by atoms with Gasteiger partial charge in [0, 0.05) is 38.3 Å². The summed E-state index contributed by atoms with van der Waals surface area (Å²) in [5.41, 5.74) is 0.531. The summed E-state index contributed by atoms with van der Waals surface area (Å²) in [6.07, 6.45) is 2.03. The molecule has 0 aromatic heterocycles. The fourth-order valence-electron chi connectivity index (χ4n) is 2.70. The highest BCUT2D eigenvalue weighted by atomic mass is 35.5. The number of carbonyl (C=O) groups is 2. The molecule has 0 radical (unpaired) electrons. The standard InChI is InChI=1S/C17H25N3O5S.ClH/c1-19(13-9-17(22)23)12-8-16(21)18-14-4-6-15(7-5-14)26(24,25)20-10-2-3-11-20;/h4-7H,2-3,8-13H2,1H3,(H,18,21)(H,22,23);1H. The highest BCUT2D eigenvalue weighted by Crippen LogP contribution is 2.22. The highest BCUT2D eigenvalue weighted by Gasteiger charge is 2.26. The Morgan fingerprint density at radius 1 is 1.11 bits per heavy atom. The Labute approximate surface area is 166 Å². The first-order valence-corrected chi connectivity index (χ1v) is 10.0. The van der Waals surface area contributed by atoms with Gasteiger partial charge in [-0.05, 0) is 44.2 Å². The number of halogens is 1. The summed E-state index contributed by atoms with van der Waals surface area (Å²) in [6, 6.07) is 6.16. The molecule has 1 aliphatic rings. The molecule has 10 heteroatoms. The van der Waals surface area contributed by atoms with Crippen molar-refractivity contribution >= 4 is 40.0 Å². The number of hydrogen-bond donors (Lipinski definition) is 2. The number of benzene rings is 1. The molecule has 1 aliphatic heterocycles. The van der Waals surface area contributed by atoms with Gasteiger partial charge in [-0.3, -0.25) is 9.59 Å². The van der Waals surface area contributed by atoms with E-state index in [0.717, 1.165) is 12.8 Å². The van der Waals surface area contributed by atoms with Crippen molar-refractivity contribution in [2.45, 2.75) is 30.6 Å². The van der Waals surface area contributed by atoms with E-state index in [9.17, 15) is 18.0 Å². The van der Waals surface area contributed by atoms with Crippen molar-refractivity contribution in [2.24, 2.45) is 0 Å². The molecule has 27 heavy (non-hydrogen) atoms. The molecule has 0 spiro atoms. The second-order valence-corrected chi connectivity index (χ2v) is 8.32. The number of carboxylic acid groups (broad SMARTS) is 1. The predicted molar refractivity (Wildman–Crippen MR) is 105 cm³/mol. The van der Waals surface area contributed by atoms with Crippen molar-refractivity contribution in [1.82, 2.24) is 9.21 Å². The molecule has 1 aromatic rings. The Hall–Kier alpha value is -1.68. The van der Waals surface area contributed by atoms with Crippen molar-refractivity contribution < 1.29 is 23.1 Å².